The predicted octanol–water partition coefficient (Wildman–Crippen LogP) is 0.203. The zero-order valence-electron chi connectivity index (χ0n) is 18.3. The van der Waals surface area contributed by atoms with Crippen molar-refractivity contribution < 1.29 is 19.4 Å². The molecule has 1 aliphatic heterocycles. The van der Waals surface area contributed by atoms with Gasteiger partial charge in [0.25, 0.3) is 11.8 Å². The second-order valence-corrected chi connectivity index (χ2v) is 9.38. The van der Waals surface area contributed by atoms with Gasteiger partial charge in [0.15, 0.2) is 13.1 Å². The Morgan fingerprint density at radius 2 is 1.48 bits per heavy atom. The van der Waals surface area contributed by atoms with Crippen molar-refractivity contribution in [2.45, 2.75) is 27.7 Å². The van der Waals surface area contributed by atoms with Crippen molar-refractivity contribution in [2.75, 3.05) is 57.7 Å². The van der Waals surface area contributed by atoms with E-state index in [1.54, 1.807) is 6.07 Å². The van der Waals surface area contributed by atoms with Crippen LogP contribution in [0.3, 0.4) is 0 Å². The number of halogens is 1. The molecule has 1 aromatic rings. The molecule has 2 amide bonds. The molecule has 0 spiro atoms. The van der Waals surface area contributed by atoms with Crippen molar-refractivity contribution in [1.29, 1.82) is 0 Å². The number of rotatable bonds is 9. The number of amides is 2. The standard InChI is InChI=1S/C22H35ClN4O2/c1-17(2)13-27(14-18(3)4)22(29)16-26-11-9-25(10-12-26)15-21(28)24-20-8-6-5-7-19(20)23/h5-8,17-18H,9-16H2,1-4H3,(H,24,28)/p+2. The van der Waals surface area contributed by atoms with Crippen LogP contribution in [0.25, 0.3) is 0 Å². The number of piperazine rings is 1. The van der Waals surface area contributed by atoms with E-state index in [0.29, 0.717) is 35.6 Å². The molecule has 1 fully saturated rings. The van der Waals surface area contributed by atoms with Crippen LogP contribution < -0.4 is 15.1 Å². The maximum atomic E-state index is 12.8. The molecule has 0 unspecified atom stereocenters. The van der Waals surface area contributed by atoms with Crippen LogP contribution in [-0.2, 0) is 9.59 Å². The summed E-state index contributed by atoms with van der Waals surface area (Å²) in [7, 11) is 0. The van der Waals surface area contributed by atoms with Gasteiger partial charge in [0, 0.05) is 13.1 Å². The highest BCUT2D eigenvalue weighted by molar-refractivity contribution is 6.33. The van der Waals surface area contributed by atoms with Crippen LogP contribution in [0.15, 0.2) is 24.3 Å². The van der Waals surface area contributed by atoms with E-state index < -0.39 is 0 Å². The number of nitrogens with zero attached hydrogens (tertiary/aromatic N) is 1. The first-order valence-corrected chi connectivity index (χ1v) is 11.1. The van der Waals surface area contributed by atoms with Crippen molar-refractivity contribution in [3.63, 3.8) is 0 Å². The number of nitrogens with one attached hydrogen (secondary N) is 3. The molecule has 6 nitrogen and oxygen atoms in total. The molecule has 0 aliphatic carbocycles. The van der Waals surface area contributed by atoms with Crippen molar-refractivity contribution >= 4 is 29.1 Å². The normalized spacial score (nSPS) is 19.4. The van der Waals surface area contributed by atoms with Gasteiger partial charge in [0.05, 0.1) is 10.7 Å². The lowest BCUT2D eigenvalue weighted by atomic mass is 10.1. The van der Waals surface area contributed by atoms with Gasteiger partial charge in [0.2, 0.25) is 0 Å². The van der Waals surface area contributed by atoms with E-state index in [4.69, 9.17) is 11.6 Å². The maximum absolute atomic E-state index is 12.8. The van der Waals surface area contributed by atoms with E-state index in [-0.39, 0.29) is 11.8 Å². The van der Waals surface area contributed by atoms with E-state index in [1.807, 2.05) is 23.1 Å². The molecule has 0 aromatic heterocycles. The summed E-state index contributed by atoms with van der Waals surface area (Å²) in [6, 6.07) is 7.28. The molecule has 29 heavy (non-hydrogen) atoms. The molecule has 7 heteroatoms. The lowest BCUT2D eigenvalue weighted by Gasteiger charge is -2.31. The topological polar surface area (TPSA) is 58.3 Å². The molecular weight excluding hydrogens is 388 g/mol. The van der Waals surface area contributed by atoms with Crippen LogP contribution in [0.4, 0.5) is 5.69 Å². The second-order valence-electron chi connectivity index (χ2n) is 8.97. The molecular formula is C22H37ClN4O2+2. The van der Waals surface area contributed by atoms with Crippen LogP contribution in [0.1, 0.15) is 27.7 Å². The number of carbonyl (C=O) groups is 2. The number of hydrogen-bond acceptors (Lipinski definition) is 2. The molecule has 3 N–H and O–H groups in total. The summed E-state index contributed by atoms with van der Waals surface area (Å²) in [4.78, 5) is 29.7. The Labute approximate surface area is 180 Å². The van der Waals surface area contributed by atoms with E-state index in [2.05, 4.69) is 33.0 Å². The molecule has 1 aliphatic rings. The van der Waals surface area contributed by atoms with Crippen molar-refractivity contribution in [2.24, 2.45) is 11.8 Å². The van der Waals surface area contributed by atoms with E-state index in [1.165, 1.54) is 9.80 Å². The molecule has 1 saturated heterocycles. The second kappa shape index (κ2) is 11.5. The minimum Gasteiger partial charge on any atom is -0.337 e. The van der Waals surface area contributed by atoms with E-state index >= 15 is 0 Å². The zero-order chi connectivity index (χ0) is 21.4. The third kappa shape index (κ3) is 8.33. The number of hydrogen-bond donors (Lipinski definition) is 3. The number of quaternary nitrogens is 2. The molecule has 0 atom stereocenters. The third-order valence-electron chi connectivity index (χ3n) is 5.15. The minimum absolute atomic E-state index is 0.0207. The molecule has 0 radical (unpaired) electrons. The lowest BCUT2D eigenvalue weighted by Crippen LogP contribution is -3.28. The molecule has 1 heterocycles. The first-order valence-electron chi connectivity index (χ1n) is 10.7. The highest BCUT2D eigenvalue weighted by Crippen LogP contribution is 2.19. The molecule has 162 valence electrons. The van der Waals surface area contributed by atoms with Gasteiger partial charge in [-0.15, -0.1) is 0 Å². The molecule has 0 bridgehead atoms. The van der Waals surface area contributed by atoms with Crippen molar-refractivity contribution in [3.8, 4) is 0 Å². The fourth-order valence-corrected chi connectivity index (χ4v) is 3.96. The summed E-state index contributed by atoms with van der Waals surface area (Å²) in [5.74, 6) is 1.19. The van der Waals surface area contributed by atoms with Crippen LogP contribution in [-0.4, -0.2) is 69.1 Å². The number of anilines is 1. The highest BCUT2D eigenvalue weighted by Gasteiger charge is 2.28. The predicted molar refractivity (Wildman–Crippen MR) is 117 cm³/mol. The average Bonchev–Trinajstić information content (AvgIpc) is 2.64. The van der Waals surface area contributed by atoms with Crippen LogP contribution in [0, 0.1) is 11.8 Å². The van der Waals surface area contributed by atoms with Crippen LogP contribution in [0.2, 0.25) is 5.02 Å². The largest absolute Gasteiger partial charge is 0.337 e. The van der Waals surface area contributed by atoms with Crippen LogP contribution in [0.5, 0.6) is 0 Å². The highest BCUT2D eigenvalue weighted by atomic mass is 35.5. The molecule has 1 aromatic carbocycles. The minimum atomic E-state index is -0.0207. The van der Waals surface area contributed by atoms with Gasteiger partial charge >= 0.3 is 0 Å². The fourth-order valence-electron chi connectivity index (χ4n) is 3.78. The molecule has 2 rings (SSSR count). The fraction of sp³-hybridized carbons (Fsp3) is 0.636. The number of benzene rings is 1. The number of carbonyl (C=O) groups excluding carboxylic acids is 2. The number of para-hydroxylation sites is 1. The maximum Gasteiger partial charge on any atom is 0.279 e. The van der Waals surface area contributed by atoms with Gasteiger partial charge < -0.3 is 20.0 Å². The summed E-state index contributed by atoms with van der Waals surface area (Å²) >= 11 is 6.11. The lowest BCUT2D eigenvalue weighted by molar-refractivity contribution is -1.00. The Bertz CT molecular complexity index is 663. The Balaban J connectivity index is 1.77. The Kier molecular flexibility index (Phi) is 9.40. The summed E-state index contributed by atoms with van der Waals surface area (Å²) < 4.78 is 0. The molecule has 0 saturated carbocycles. The zero-order valence-corrected chi connectivity index (χ0v) is 19.0. The summed E-state index contributed by atoms with van der Waals surface area (Å²) in [5.41, 5.74) is 0.656. The van der Waals surface area contributed by atoms with Gasteiger partial charge in [-0.25, -0.2) is 0 Å². The van der Waals surface area contributed by atoms with Gasteiger partial charge in [-0.3, -0.25) is 9.59 Å². The van der Waals surface area contributed by atoms with Gasteiger partial charge in [0.1, 0.15) is 26.2 Å². The summed E-state index contributed by atoms with van der Waals surface area (Å²) in [5, 5.41) is 3.44. The van der Waals surface area contributed by atoms with Crippen molar-refractivity contribution in [1.82, 2.24) is 4.90 Å². The van der Waals surface area contributed by atoms with Gasteiger partial charge in [-0.2, -0.15) is 0 Å². The van der Waals surface area contributed by atoms with Crippen LogP contribution >= 0.6 is 11.6 Å². The first kappa shape index (κ1) is 23.6. The van der Waals surface area contributed by atoms with E-state index in [0.717, 1.165) is 39.3 Å². The quantitative estimate of drug-likeness (QED) is 0.530. The van der Waals surface area contributed by atoms with Gasteiger partial charge in [-0.1, -0.05) is 51.4 Å². The van der Waals surface area contributed by atoms with E-state index in [9.17, 15) is 9.59 Å². The van der Waals surface area contributed by atoms with Crippen molar-refractivity contribution in [3.05, 3.63) is 29.3 Å². The smallest absolute Gasteiger partial charge is 0.279 e. The Hall–Kier alpha value is -1.63. The summed E-state index contributed by atoms with van der Waals surface area (Å²) in [6.45, 7) is 14.9. The average molecular weight is 425 g/mol. The monoisotopic (exact) mass is 424 g/mol. The van der Waals surface area contributed by atoms with Gasteiger partial charge in [-0.05, 0) is 24.0 Å². The SMILES string of the molecule is CC(C)CN(CC(C)C)C(=O)C[NH+]1CC[NH+](CC(=O)Nc2ccccc2Cl)CC1. The Morgan fingerprint density at radius 3 is 2.00 bits per heavy atom. The summed E-state index contributed by atoms with van der Waals surface area (Å²) in [6.07, 6.45) is 0. The Morgan fingerprint density at radius 1 is 0.966 bits per heavy atom. The first-order chi connectivity index (χ1) is 13.7. The third-order valence-corrected chi connectivity index (χ3v) is 5.48.